The number of hydrogen-bond acceptors (Lipinski definition) is 3. The first-order chi connectivity index (χ1) is 15.1. The van der Waals surface area contributed by atoms with Crippen molar-refractivity contribution in [3.63, 3.8) is 0 Å². The van der Waals surface area contributed by atoms with Crippen LogP contribution in [0.1, 0.15) is 53.4 Å². The van der Waals surface area contributed by atoms with Gasteiger partial charge >= 0.3 is 0 Å². The van der Waals surface area contributed by atoms with Crippen molar-refractivity contribution in [2.24, 2.45) is 0 Å². The fraction of sp³-hybridized carbons (Fsp3) is 0.320. The first-order valence-corrected chi connectivity index (χ1v) is 10.8. The first kappa shape index (κ1) is 21.0. The van der Waals surface area contributed by atoms with Crippen LogP contribution in [0.15, 0.2) is 53.3 Å². The molecule has 1 N–H and O–H groups in total. The third-order valence-electron chi connectivity index (χ3n) is 5.75. The van der Waals surface area contributed by atoms with Crippen molar-refractivity contribution in [2.75, 3.05) is 6.54 Å². The number of aryl methyl sites for hydroxylation is 1. The largest absolute Gasteiger partial charge is 0.334 e. The summed E-state index contributed by atoms with van der Waals surface area (Å²) < 4.78 is 14.1. The van der Waals surface area contributed by atoms with Gasteiger partial charge in [0.1, 0.15) is 11.6 Å². The van der Waals surface area contributed by atoms with E-state index in [0.29, 0.717) is 29.8 Å². The number of aromatic nitrogens is 2. The van der Waals surface area contributed by atoms with Crippen molar-refractivity contribution in [3.05, 3.63) is 87.1 Å². The molecule has 2 heterocycles. The van der Waals surface area contributed by atoms with Gasteiger partial charge in [-0.15, -0.1) is 0 Å². The molecule has 2 aromatic carbocycles. The lowest BCUT2D eigenvalue weighted by molar-refractivity contribution is 0.0732. The minimum atomic E-state index is -0.434. The normalized spacial score (nSPS) is 13.2. The van der Waals surface area contributed by atoms with Crippen LogP contribution in [-0.4, -0.2) is 27.3 Å². The van der Waals surface area contributed by atoms with Crippen LogP contribution in [-0.2, 0) is 19.4 Å². The van der Waals surface area contributed by atoms with Crippen molar-refractivity contribution in [1.82, 2.24) is 14.9 Å². The Hall–Kier alpha value is -3.28. The molecule has 0 radical (unpaired) electrons. The van der Waals surface area contributed by atoms with Gasteiger partial charge in [0.15, 0.2) is 0 Å². The average molecular weight is 420 g/mol. The summed E-state index contributed by atoms with van der Waals surface area (Å²) in [5.74, 6) is -0.306. The van der Waals surface area contributed by atoms with Crippen molar-refractivity contribution < 1.29 is 9.18 Å². The Morgan fingerprint density at radius 1 is 1.13 bits per heavy atom. The van der Waals surface area contributed by atoms with Gasteiger partial charge in [0.05, 0.1) is 23.4 Å². The van der Waals surface area contributed by atoms with Gasteiger partial charge < -0.3 is 9.88 Å². The molecule has 6 heteroatoms. The summed E-state index contributed by atoms with van der Waals surface area (Å²) >= 11 is 0. The summed E-state index contributed by atoms with van der Waals surface area (Å²) in [6.45, 7) is 2.85. The molecule has 0 aliphatic carbocycles. The molecular formula is C25H26FN3O2. The molecule has 0 bridgehead atoms. The van der Waals surface area contributed by atoms with Crippen LogP contribution in [0.4, 0.5) is 4.39 Å². The minimum absolute atomic E-state index is 0.0941. The SMILES string of the molecule is CCCCCc1ccc(C(=O)N2CCc3nc(-c4ccccc4F)[nH]c(=O)c3C2)cc1. The van der Waals surface area contributed by atoms with Gasteiger partial charge in [0.25, 0.3) is 11.5 Å². The van der Waals surface area contributed by atoms with Gasteiger partial charge in [0.2, 0.25) is 0 Å². The summed E-state index contributed by atoms with van der Waals surface area (Å²) in [5, 5.41) is 0. The number of carbonyl (C=O) groups is 1. The van der Waals surface area contributed by atoms with Crippen LogP contribution in [0.3, 0.4) is 0 Å². The summed E-state index contributed by atoms with van der Waals surface area (Å²) in [5.41, 5.74) is 2.88. The Labute approximate surface area is 181 Å². The van der Waals surface area contributed by atoms with Crippen LogP contribution in [0.5, 0.6) is 0 Å². The van der Waals surface area contributed by atoms with Crippen molar-refractivity contribution in [2.45, 2.75) is 45.6 Å². The lowest BCUT2D eigenvalue weighted by Crippen LogP contribution is -2.39. The molecule has 1 aliphatic heterocycles. The number of unbranched alkanes of at least 4 members (excludes halogenated alkanes) is 2. The first-order valence-electron chi connectivity index (χ1n) is 10.8. The summed E-state index contributed by atoms with van der Waals surface area (Å²) in [6.07, 6.45) is 5.02. The van der Waals surface area contributed by atoms with E-state index in [4.69, 9.17) is 0 Å². The number of hydrogen-bond donors (Lipinski definition) is 1. The number of fused-ring (bicyclic) bond motifs is 1. The van der Waals surface area contributed by atoms with E-state index in [1.54, 1.807) is 23.1 Å². The molecule has 1 amide bonds. The minimum Gasteiger partial charge on any atom is -0.334 e. The predicted molar refractivity (Wildman–Crippen MR) is 118 cm³/mol. The second-order valence-corrected chi connectivity index (χ2v) is 7.95. The lowest BCUT2D eigenvalue weighted by Gasteiger charge is -2.28. The molecular weight excluding hydrogens is 393 g/mol. The lowest BCUT2D eigenvalue weighted by atomic mass is 10.0. The van der Waals surface area contributed by atoms with E-state index in [1.165, 1.54) is 24.5 Å². The predicted octanol–water partition coefficient (Wildman–Crippen LogP) is 4.51. The maximum Gasteiger partial charge on any atom is 0.256 e. The molecule has 0 saturated carbocycles. The van der Waals surface area contributed by atoms with Crippen molar-refractivity contribution >= 4 is 5.91 Å². The van der Waals surface area contributed by atoms with Gasteiger partial charge in [-0.3, -0.25) is 9.59 Å². The Balaban J connectivity index is 1.50. The number of H-pyrrole nitrogens is 1. The highest BCUT2D eigenvalue weighted by Gasteiger charge is 2.25. The zero-order valence-corrected chi connectivity index (χ0v) is 17.7. The van der Waals surface area contributed by atoms with Crippen LogP contribution in [0, 0.1) is 5.82 Å². The van der Waals surface area contributed by atoms with E-state index in [0.717, 1.165) is 12.8 Å². The van der Waals surface area contributed by atoms with E-state index < -0.39 is 5.82 Å². The zero-order chi connectivity index (χ0) is 21.8. The topological polar surface area (TPSA) is 66.1 Å². The standard InChI is InChI=1S/C25H26FN3O2/c1-2-3-4-7-17-10-12-18(13-11-17)25(31)29-15-14-22-20(16-29)24(30)28-23(27-22)19-8-5-6-9-21(19)26/h5-6,8-13H,2-4,7,14-16H2,1H3,(H,27,28,30). The number of carbonyl (C=O) groups excluding carboxylic acids is 1. The van der Waals surface area contributed by atoms with E-state index in [1.807, 2.05) is 24.3 Å². The van der Waals surface area contributed by atoms with Gasteiger partial charge in [-0.2, -0.15) is 0 Å². The highest BCUT2D eigenvalue weighted by molar-refractivity contribution is 5.94. The maximum absolute atomic E-state index is 14.1. The molecule has 0 fully saturated rings. The fourth-order valence-electron chi connectivity index (χ4n) is 3.95. The van der Waals surface area contributed by atoms with E-state index in [9.17, 15) is 14.0 Å². The smallest absolute Gasteiger partial charge is 0.256 e. The van der Waals surface area contributed by atoms with E-state index in [-0.39, 0.29) is 29.4 Å². The highest BCUT2D eigenvalue weighted by atomic mass is 19.1. The third-order valence-corrected chi connectivity index (χ3v) is 5.75. The Kier molecular flexibility index (Phi) is 6.26. The van der Waals surface area contributed by atoms with Gasteiger partial charge in [-0.05, 0) is 42.7 Å². The number of halogens is 1. The number of nitrogens with zero attached hydrogens (tertiary/aromatic N) is 2. The number of benzene rings is 2. The molecule has 1 aromatic heterocycles. The van der Waals surface area contributed by atoms with Gasteiger partial charge in [-0.1, -0.05) is 44.0 Å². The van der Waals surface area contributed by atoms with Crippen LogP contribution < -0.4 is 5.56 Å². The molecule has 0 unspecified atom stereocenters. The van der Waals surface area contributed by atoms with E-state index >= 15 is 0 Å². The summed E-state index contributed by atoms with van der Waals surface area (Å²) in [6, 6.07) is 14.0. The van der Waals surface area contributed by atoms with Gasteiger partial charge in [-0.25, -0.2) is 9.37 Å². The Bertz CT molecular complexity index is 1140. The van der Waals surface area contributed by atoms with E-state index in [2.05, 4.69) is 16.9 Å². The molecule has 31 heavy (non-hydrogen) atoms. The maximum atomic E-state index is 14.1. The molecule has 0 saturated heterocycles. The van der Waals surface area contributed by atoms with Crippen LogP contribution in [0.25, 0.3) is 11.4 Å². The molecule has 0 spiro atoms. The second kappa shape index (κ2) is 9.25. The third kappa shape index (κ3) is 4.58. The molecule has 4 rings (SSSR count). The number of amides is 1. The Morgan fingerprint density at radius 2 is 1.90 bits per heavy atom. The van der Waals surface area contributed by atoms with Crippen molar-refractivity contribution in [3.8, 4) is 11.4 Å². The van der Waals surface area contributed by atoms with Crippen LogP contribution >= 0.6 is 0 Å². The molecule has 5 nitrogen and oxygen atoms in total. The summed E-state index contributed by atoms with van der Waals surface area (Å²) in [4.78, 5) is 34.5. The average Bonchev–Trinajstić information content (AvgIpc) is 2.79. The second-order valence-electron chi connectivity index (χ2n) is 7.95. The molecule has 3 aromatic rings. The molecule has 160 valence electrons. The molecule has 0 atom stereocenters. The highest BCUT2D eigenvalue weighted by Crippen LogP contribution is 2.22. The Morgan fingerprint density at radius 3 is 2.65 bits per heavy atom. The number of rotatable bonds is 6. The number of nitrogens with one attached hydrogen (secondary N) is 1. The van der Waals surface area contributed by atoms with Gasteiger partial charge in [0, 0.05) is 18.5 Å². The zero-order valence-electron chi connectivity index (χ0n) is 17.7. The summed E-state index contributed by atoms with van der Waals surface area (Å²) in [7, 11) is 0. The molecule has 1 aliphatic rings. The fourth-order valence-corrected chi connectivity index (χ4v) is 3.95. The quantitative estimate of drug-likeness (QED) is 0.598. The van der Waals surface area contributed by atoms with Crippen molar-refractivity contribution in [1.29, 1.82) is 0 Å². The monoisotopic (exact) mass is 419 g/mol. The number of aromatic amines is 1. The van der Waals surface area contributed by atoms with Crippen LogP contribution in [0.2, 0.25) is 0 Å².